The van der Waals surface area contributed by atoms with Crippen LogP contribution in [0.25, 0.3) is 33.9 Å². The summed E-state index contributed by atoms with van der Waals surface area (Å²) in [6.45, 7) is 4.86. The molecule has 3 aromatic heterocycles. The number of benzene rings is 1. The normalized spacial score (nSPS) is 11.7. The molecule has 4 aromatic rings. The van der Waals surface area contributed by atoms with Crippen molar-refractivity contribution in [3.05, 3.63) is 54.2 Å². The van der Waals surface area contributed by atoms with Crippen molar-refractivity contribution in [2.24, 2.45) is 0 Å². The number of fused-ring (bicyclic) bond motifs is 1. The Hall–Kier alpha value is -3.99. The van der Waals surface area contributed by atoms with Crippen LogP contribution in [0.4, 0.5) is 5.82 Å². The number of allylic oxidation sites excluding steroid dienone is 1. The van der Waals surface area contributed by atoms with Gasteiger partial charge in [-0.05, 0) is 25.0 Å². The van der Waals surface area contributed by atoms with Crippen molar-refractivity contribution in [1.82, 2.24) is 29.5 Å². The lowest BCUT2D eigenvalue weighted by molar-refractivity contribution is 0.692. The minimum Gasteiger partial charge on any atom is -0.383 e. The van der Waals surface area contributed by atoms with Crippen LogP contribution in [0.2, 0.25) is 0 Å². The van der Waals surface area contributed by atoms with Crippen LogP contribution in [0.5, 0.6) is 0 Å². The molecule has 0 radical (unpaired) electrons. The van der Waals surface area contributed by atoms with Gasteiger partial charge in [-0.3, -0.25) is 0 Å². The van der Waals surface area contributed by atoms with E-state index in [4.69, 9.17) is 5.73 Å². The van der Waals surface area contributed by atoms with E-state index in [1.54, 1.807) is 12.3 Å². The van der Waals surface area contributed by atoms with Gasteiger partial charge in [0.15, 0.2) is 0 Å². The molecule has 0 amide bonds. The average Bonchev–Trinajstić information content (AvgIpc) is 3.35. The minimum absolute atomic E-state index is 0.350. The predicted octanol–water partition coefficient (Wildman–Crippen LogP) is 3.51. The van der Waals surface area contributed by atoms with E-state index in [0.717, 1.165) is 46.4 Å². The van der Waals surface area contributed by atoms with Gasteiger partial charge in [0.2, 0.25) is 0 Å². The first-order valence-electron chi connectivity index (χ1n) is 9.32. The van der Waals surface area contributed by atoms with Crippen molar-refractivity contribution >= 4 is 28.6 Å². The van der Waals surface area contributed by atoms with Gasteiger partial charge in [-0.2, -0.15) is 5.26 Å². The topological polar surface area (TPSA) is 111 Å². The molecule has 0 saturated heterocycles. The summed E-state index contributed by atoms with van der Waals surface area (Å²) in [6, 6.07) is 10.4. The van der Waals surface area contributed by atoms with E-state index in [9.17, 15) is 5.26 Å². The SMILES string of the molecule is CCCn1c(/C=C(\C#N)n2ccnn2)c(-c2ccc(C)cc2)c2c(N)ncnc21. The largest absolute Gasteiger partial charge is 0.383 e. The summed E-state index contributed by atoms with van der Waals surface area (Å²) in [5, 5.41) is 18.3. The zero-order valence-corrected chi connectivity index (χ0v) is 16.2. The number of hydrogen-bond acceptors (Lipinski definition) is 6. The second-order valence-electron chi connectivity index (χ2n) is 6.72. The zero-order chi connectivity index (χ0) is 20.4. The molecule has 3 heterocycles. The highest BCUT2D eigenvalue weighted by atomic mass is 15.4. The van der Waals surface area contributed by atoms with Gasteiger partial charge in [0.1, 0.15) is 29.6 Å². The van der Waals surface area contributed by atoms with E-state index in [1.807, 2.05) is 19.1 Å². The third-order valence-corrected chi connectivity index (χ3v) is 4.75. The average molecular weight is 384 g/mol. The van der Waals surface area contributed by atoms with Crippen molar-refractivity contribution in [1.29, 1.82) is 5.26 Å². The number of nitrogens with two attached hydrogens (primary N) is 1. The van der Waals surface area contributed by atoms with Gasteiger partial charge in [0, 0.05) is 12.1 Å². The lowest BCUT2D eigenvalue weighted by Crippen LogP contribution is -2.03. The molecule has 0 aliphatic rings. The molecular weight excluding hydrogens is 364 g/mol. The Bertz CT molecular complexity index is 1220. The molecule has 0 saturated carbocycles. The van der Waals surface area contributed by atoms with E-state index in [1.165, 1.54) is 17.2 Å². The lowest BCUT2D eigenvalue weighted by atomic mass is 10.0. The van der Waals surface area contributed by atoms with Gasteiger partial charge in [0.25, 0.3) is 0 Å². The summed E-state index contributed by atoms with van der Waals surface area (Å²) in [5.41, 5.74) is 11.3. The molecule has 144 valence electrons. The van der Waals surface area contributed by atoms with Gasteiger partial charge in [-0.25, -0.2) is 14.6 Å². The summed E-state index contributed by atoms with van der Waals surface area (Å²) in [4.78, 5) is 8.72. The summed E-state index contributed by atoms with van der Waals surface area (Å²) in [6.07, 6.45) is 7.35. The summed E-state index contributed by atoms with van der Waals surface area (Å²) >= 11 is 0. The van der Waals surface area contributed by atoms with Gasteiger partial charge in [-0.15, -0.1) is 5.10 Å². The standard InChI is InChI=1S/C21H20N8/c1-3-9-28-17(11-16(12-22)29-10-8-26-27-29)18(15-6-4-14(2)5-7-15)19-20(23)24-13-25-21(19)28/h4-8,10-11,13H,3,9H2,1-2H3,(H2,23,24,25)/b16-11+. The maximum absolute atomic E-state index is 9.74. The van der Waals surface area contributed by atoms with Crippen LogP contribution in [-0.4, -0.2) is 29.5 Å². The fraction of sp³-hybridized carbons (Fsp3) is 0.190. The van der Waals surface area contributed by atoms with Crippen molar-refractivity contribution in [2.45, 2.75) is 26.8 Å². The molecule has 0 aliphatic carbocycles. The maximum atomic E-state index is 9.74. The smallest absolute Gasteiger partial charge is 0.146 e. The van der Waals surface area contributed by atoms with Crippen molar-refractivity contribution < 1.29 is 0 Å². The van der Waals surface area contributed by atoms with Gasteiger partial charge >= 0.3 is 0 Å². The predicted molar refractivity (Wildman–Crippen MR) is 112 cm³/mol. The molecule has 0 unspecified atom stereocenters. The molecule has 2 N–H and O–H groups in total. The van der Waals surface area contributed by atoms with Crippen LogP contribution in [0.1, 0.15) is 24.6 Å². The number of hydrogen-bond donors (Lipinski definition) is 1. The van der Waals surface area contributed by atoms with E-state index in [0.29, 0.717) is 11.5 Å². The lowest BCUT2D eigenvalue weighted by Gasteiger charge is -2.09. The molecule has 0 bridgehead atoms. The Morgan fingerprint density at radius 2 is 2.03 bits per heavy atom. The van der Waals surface area contributed by atoms with E-state index in [-0.39, 0.29) is 0 Å². The molecule has 0 aliphatic heterocycles. The maximum Gasteiger partial charge on any atom is 0.146 e. The third kappa shape index (κ3) is 3.23. The Balaban J connectivity index is 2.10. The van der Waals surface area contributed by atoms with E-state index >= 15 is 0 Å². The number of nitriles is 1. The monoisotopic (exact) mass is 384 g/mol. The van der Waals surface area contributed by atoms with Gasteiger partial charge < -0.3 is 10.3 Å². The molecular formula is C21H20N8. The van der Waals surface area contributed by atoms with Crippen LogP contribution in [-0.2, 0) is 6.54 Å². The van der Waals surface area contributed by atoms with Crippen LogP contribution < -0.4 is 5.73 Å². The molecule has 29 heavy (non-hydrogen) atoms. The first kappa shape index (κ1) is 18.4. The van der Waals surface area contributed by atoms with E-state index < -0.39 is 0 Å². The molecule has 8 nitrogen and oxygen atoms in total. The fourth-order valence-electron chi connectivity index (χ4n) is 3.44. The Morgan fingerprint density at radius 1 is 1.24 bits per heavy atom. The molecule has 8 heteroatoms. The summed E-state index contributed by atoms with van der Waals surface area (Å²) < 4.78 is 3.53. The number of aryl methyl sites for hydroxylation is 2. The zero-order valence-electron chi connectivity index (χ0n) is 16.2. The minimum atomic E-state index is 0.350. The molecule has 0 spiro atoms. The van der Waals surface area contributed by atoms with Gasteiger partial charge in [0.05, 0.1) is 23.5 Å². The highest BCUT2D eigenvalue weighted by Gasteiger charge is 2.21. The number of anilines is 1. The van der Waals surface area contributed by atoms with E-state index in [2.05, 4.69) is 50.0 Å². The molecule has 0 fully saturated rings. The number of nitrogens with zero attached hydrogens (tertiary/aromatic N) is 7. The Morgan fingerprint density at radius 3 is 2.69 bits per heavy atom. The summed E-state index contributed by atoms with van der Waals surface area (Å²) in [7, 11) is 0. The molecule has 0 atom stereocenters. The Kier molecular flexibility index (Phi) is 4.79. The second kappa shape index (κ2) is 7.56. The highest BCUT2D eigenvalue weighted by molar-refractivity contribution is 6.05. The third-order valence-electron chi connectivity index (χ3n) is 4.75. The second-order valence-corrected chi connectivity index (χ2v) is 6.72. The Labute approximate surface area is 167 Å². The number of nitrogen functional groups attached to an aromatic ring is 1. The quantitative estimate of drug-likeness (QED) is 0.527. The fourth-order valence-corrected chi connectivity index (χ4v) is 3.44. The van der Waals surface area contributed by atoms with Crippen LogP contribution in [0.3, 0.4) is 0 Å². The first-order chi connectivity index (χ1) is 14.1. The van der Waals surface area contributed by atoms with Crippen LogP contribution >= 0.6 is 0 Å². The number of rotatable bonds is 5. The van der Waals surface area contributed by atoms with Crippen molar-refractivity contribution in [3.8, 4) is 17.2 Å². The molecule has 4 rings (SSSR count). The first-order valence-corrected chi connectivity index (χ1v) is 9.32. The summed E-state index contributed by atoms with van der Waals surface area (Å²) in [5.74, 6) is 0.411. The van der Waals surface area contributed by atoms with Crippen molar-refractivity contribution in [2.75, 3.05) is 5.73 Å². The molecule has 1 aromatic carbocycles. The van der Waals surface area contributed by atoms with Crippen molar-refractivity contribution in [3.63, 3.8) is 0 Å². The number of aromatic nitrogens is 6. The van der Waals surface area contributed by atoms with Crippen LogP contribution in [0, 0.1) is 18.3 Å². The van der Waals surface area contributed by atoms with Crippen LogP contribution in [0.15, 0.2) is 43.0 Å². The highest BCUT2D eigenvalue weighted by Crippen LogP contribution is 2.38. The van der Waals surface area contributed by atoms with Gasteiger partial charge in [-0.1, -0.05) is 42.0 Å².